The molecular weight excluding hydrogens is 220 g/mol. The van der Waals surface area contributed by atoms with Gasteiger partial charge < -0.3 is 11.1 Å². The Morgan fingerprint density at radius 2 is 2.25 bits per heavy atom. The van der Waals surface area contributed by atoms with E-state index in [0.29, 0.717) is 6.54 Å². The van der Waals surface area contributed by atoms with Crippen LogP contribution in [-0.2, 0) is 11.3 Å². The normalized spacial score (nSPS) is 11.9. The number of carbonyl (C=O) groups excluding carboxylic acids is 1. The molecule has 4 heteroatoms. The van der Waals surface area contributed by atoms with E-state index in [9.17, 15) is 4.79 Å². The minimum atomic E-state index is -0.417. The quantitative estimate of drug-likeness (QED) is 0.780. The number of benzene rings is 1. The van der Waals surface area contributed by atoms with Crippen LogP contribution in [0.15, 0.2) is 24.3 Å². The Labute approximate surface area is 101 Å². The van der Waals surface area contributed by atoms with E-state index < -0.39 is 5.92 Å². The monoisotopic (exact) mass is 236 g/mol. The number of amides is 1. The molecule has 0 fully saturated rings. The SMILES string of the molecule is Cc1cccc(CNC(=O)C(C)C(N)=S)c1. The lowest BCUT2D eigenvalue weighted by molar-refractivity contribution is -0.122. The highest BCUT2D eigenvalue weighted by molar-refractivity contribution is 7.80. The summed E-state index contributed by atoms with van der Waals surface area (Å²) < 4.78 is 0. The van der Waals surface area contributed by atoms with Gasteiger partial charge in [0.1, 0.15) is 0 Å². The molecule has 16 heavy (non-hydrogen) atoms. The van der Waals surface area contributed by atoms with Crippen molar-refractivity contribution >= 4 is 23.1 Å². The molecule has 0 bridgehead atoms. The van der Waals surface area contributed by atoms with Gasteiger partial charge in [0.25, 0.3) is 0 Å². The van der Waals surface area contributed by atoms with Gasteiger partial charge in [0, 0.05) is 6.54 Å². The summed E-state index contributed by atoms with van der Waals surface area (Å²) in [7, 11) is 0. The molecule has 3 nitrogen and oxygen atoms in total. The van der Waals surface area contributed by atoms with Gasteiger partial charge in [-0.1, -0.05) is 42.0 Å². The summed E-state index contributed by atoms with van der Waals surface area (Å²) in [5.41, 5.74) is 7.65. The molecule has 0 aliphatic rings. The van der Waals surface area contributed by atoms with E-state index >= 15 is 0 Å². The topological polar surface area (TPSA) is 55.1 Å². The zero-order chi connectivity index (χ0) is 12.1. The van der Waals surface area contributed by atoms with Crippen molar-refractivity contribution in [3.8, 4) is 0 Å². The van der Waals surface area contributed by atoms with Gasteiger partial charge in [-0.2, -0.15) is 0 Å². The summed E-state index contributed by atoms with van der Waals surface area (Å²) in [5.74, 6) is -0.547. The lowest BCUT2D eigenvalue weighted by Gasteiger charge is -2.10. The van der Waals surface area contributed by atoms with Gasteiger partial charge in [0.2, 0.25) is 5.91 Å². The smallest absolute Gasteiger partial charge is 0.229 e. The number of hydrogen-bond acceptors (Lipinski definition) is 2. The van der Waals surface area contributed by atoms with Crippen molar-refractivity contribution in [3.05, 3.63) is 35.4 Å². The molecule has 1 aromatic rings. The minimum Gasteiger partial charge on any atom is -0.393 e. The third kappa shape index (κ3) is 3.62. The second kappa shape index (κ2) is 5.61. The Hall–Kier alpha value is -1.42. The number of rotatable bonds is 4. The average Bonchev–Trinajstić information content (AvgIpc) is 2.24. The van der Waals surface area contributed by atoms with Crippen LogP contribution in [0.2, 0.25) is 0 Å². The highest BCUT2D eigenvalue weighted by atomic mass is 32.1. The third-order valence-corrected chi connectivity index (χ3v) is 2.72. The number of aryl methyl sites for hydroxylation is 1. The summed E-state index contributed by atoms with van der Waals surface area (Å²) in [6.45, 7) is 4.23. The van der Waals surface area contributed by atoms with Crippen LogP contribution in [0.25, 0.3) is 0 Å². The Bertz CT molecular complexity index is 404. The van der Waals surface area contributed by atoms with Gasteiger partial charge in [-0.25, -0.2) is 0 Å². The highest BCUT2D eigenvalue weighted by Crippen LogP contribution is 2.04. The zero-order valence-electron chi connectivity index (χ0n) is 9.49. The highest BCUT2D eigenvalue weighted by Gasteiger charge is 2.14. The average molecular weight is 236 g/mol. The Kier molecular flexibility index (Phi) is 4.43. The first-order valence-electron chi connectivity index (χ1n) is 5.13. The lowest BCUT2D eigenvalue weighted by atomic mass is 10.1. The predicted molar refractivity (Wildman–Crippen MR) is 69.0 cm³/mol. The number of nitrogens with two attached hydrogens (primary N) is 1. The van der Waals surface area contributed by atoms with Gasteiger partial charge >= 0.3 is 0 Å². The number of thiocarbonyl (C=S) groups is 1. The van der Waals surface area contributed by atoms with Gasteiger partial charge in [0.05, 0.1) is 10.9 Å². The maximum Gasteiger partial charge on any atom is 0.229 e. The Morgan fingerprint density at radius 3 is 2.81 bits per heavy atom. The number of carbonyl (C=O) groups is 1. The molecule has 0 aromatic heterocycles. The Balaban J connectivity index is 2.52. The molecule has 1 unspecified atom stereocenters. The first-order chi connectivity index (χ1) is 7.50. The molecule has 0 saturated carbocycles. The molecule has 1 amide bonds. The van der Waals surface area contributed by atoms with E-state index in [2.05, 4.69) is 5.32 Å². The number of nitrogens with one attached hydrogen (secondary N) is 1. The van der Waals surface area contributed by atoms with E-state index in [1.807, 2.05) is 31.2 Å². The molecule has 1 atom stereocenters. The molecular formula is C12H16N2OS. The van der Waals surface area contributed by atoms with E-state index in [0.717, 1.165) is 5.56 Å². The molecule has 0 aliphatic heterocycles. The van der Waals surface area contributed by atoms with Crippen molar-refractivity contribution in [2.24, 2.45) is 11.7 Å². The first kappa shape index (κ1) is 12.6. The molecule has 86 valence electrons. The lowest BCUT2D eigenvalue weighted by Crippen LogP contribution is -2.35. The van der Waals surface area contributed by atoms with Crippen molar-refractivity contribution in [1.82, 2.24) is 5.32 Å². The molecule has 1 aromatic carbocycles. The van der Waals surface area contributed by atoms with Gasteiger partial charge in [-0.15, -0.1) is 0 Å². The van der Waals surface area contributed by atoms with E-state index in [4.69, 9.17) is 18.0 Å². The second-order valence-corrected chi connectivity index (χ2v) is 4.30. The van der Waals surface area contributed by atoms with Crippen molar-refractivity contribution in [2.75, 3.05) is 0 Å². The van der Waals surface area contributed by atoms with E-state index in [-0.39, 0.29) is 10.9 Å². The van der Waals surface area contributed by atoms with Crippen LogP contribution in [0.1, 0.15) is 18.1 Å². The van der Waals surface area contributed by atoms with Crippen LogP contribution >= 0.6 is 12.2 Å². The molecule has 3 N–H and O–H groups in total. The molecule has 0 saturated heterocycles. The predicted octanol–water partition coefficient (Wildman–Crippen LogP) is 1.53. The van der Waals surface area contributed by atoms with Crippen LogP contribution in [0.4, 0.5) is 0 Å². The van der Waals surface area contributed by atoms with Crippen molar-refractivity contribution in [2.45, 2.75) is 20.4 Å². The van der Waals surface area contributed by atoms with Crippen LogP contribution in [-0.4, -0.2) is 10.9 Å². The summed E-state index contributed by atoms with van der Waals surface area (Å²) in [6, 6.07) is 7.99. The molecule has 0 heterocycles. The standard InChI is InChI=1S/C12H16N2OS/c1-8-4-3-5-10(6-8)7-14-12(15)9(2)11(13)16/h3-6,9H,7H2,1-2H3,(H2,13,16)(H,14,15). The molecule has 0 aliphatic carbocycles. The molecule has 1 rings (SSSR count). The maximum absolute atomic E-state index is 11.6. The maximum atomic E-state index is 11.6. The first-order valence-corrected chi connectivity index (χ1v) is 5.54. The van der Waals surface area contributed by atoms with Crippen molar-refractivity contribution in [3.63, 3.8) is 0 Å². The largest absolute Gasteiger partial charge is 0.393 e. The van der Waals surface area contributed by atoms with Crippen molar-refractivity contribution < 1.29 is 4.79 Å². The molecule has 0 radical (unpaired) electrons. The fourth-order valence-corrected chi connectivity index (χ4v) is 1.40. The van der Waals surface area contributed by atoms with Gasteiger partial charge in [0.15, 0.2) is 0 Å². The summed E-state index contributed by atoms with van der Waals surface area (Å²) in [4.78, 5) is 11.8. The van der Waals surface area contributed by atoms with E-state index in [1.165, 1.54) is 5.56 Å². The Morgan fingerprint density at radius 1 is 1.56 bits per heavy atom. The van der Waals surface area contributed by atoms with Crippen LogP contribution in [0.5, 0.6) is 0 Å². The van der Waals surface area contributed by atoms with Crippen LogP contribution in [0.3, 0.4) is 0 Å². The number of hydrogen-bond donors (Lipinski definition) is 2. The van der Waals surface area contributed by atoms with Gasteiger partial charge in [-0.05, 0) is 19.4 Å². The van der Waals surface area contributed by atoms with Crippen LogP contribution < -0.4 is 11.1 Å². The van der Waals surface area contributed by atoms with Crippen LogP contribution in [0, 0.1) is 12.8 Å². The van der Waals surface area contributed by atoms with Gasteiger partial charge in [-0.3, -0.25) is 4.79 Å². The second-order valence-electron chi connectivity index (χ2n) is 3.83. The zero-order valence-corrected chi connectivity index (χ0v) is 10.3. The summed E-state index contributed by atoms with van der Waals surface area (Å²) in [5, 5.41) is 2.80. The fraction of sp³-hybridized carbons (Fsp3) is 0.333. The van der Waals surface area contributed by atoms with E-state index in [1.54, 1.807) is 6.92 Å². The summed E-state index contributed by atoms with van der Waals surface area (Å²) in [6.07, 6.45) is 0. The minimum absolute atomic E-state index is 0.131. The third-order valence-electron chi connectivity index (χ3n) is 2.37. The molecule has 0 spiro atoms. The summed E-state index contributed by atoms with van der Waals surface area (Å²) >= 11 is 4.76. The van der Waals surface area contributed by atoms with Crippen molar-refractivity contribution in [1.29, 1.82) is 0 Å². The fourth-order valence-electron chi connectivity index (χ4n) is 1.29.